The van der Waals surface area contributed by atoms with E-state index in [1.165, 1.54) is 18.2 Å². The molecule has 24 heavy (non-hydrogen) atoms. The van der Waals surface area contributed by atoms with Crippen LogP contribution < -0.4 is 5.32 Å². The summed E-state index contributed by atoms with van der Waals surface area (Å²) in [6.45, 7) is 0.816. The quantitative estimate of drug-likeness (QED) is 0.757. The van der Waals surface area contributed by atoms with E-state index in [1.54, 1.807) is 17.8 Å². The van der Waals surface area contributed by atoms with Crippen LogP contribution in [-0.4, -0.2) is 24.4 Å². The first-order valence-electron chi connectivity index (χ1n) is 7.73. The third-order valence-electron chi connectivity index (χ3n) is 3.76. The Morgan fingerprint density at radius 3 is 2.92 bits per heavy atom. The minimum absolute atomic E-state index is 0.174. The Morgan fingerprint density at radius 1 is 1.33 bits per heavy atom. The number of benzene rings is 2. The molecule has 0 radical (unpaired) electrons. The predicted molar refractivity (Wildman–Crippen MR) is 95.5 cm³/mol. The minimum Gasteiger partial charge on any atom is -0.377 e. The van der Waals surface area contributed by atoms with E-state index in [2.05, 4.69) is 5.32 Å². The van der Waals surface area contributed by atoms with Crippen molar-refractivity contribution in [3.8, 4) is 0 Å². The van der Waals surface area contributed by atoms with E-state index in [9.17, 15) is 9.18 Å². The second-order valence-electron chi connectivity index (χ2n) is 5.52. The Hall–Kier alpha value is -1.56. The molecule has 1 aliphatic rings. The number of amides is 1. The van der Waals surface area contributed by atoms with Crippen LogP contribution in [0.3, 0.4) is 0 Å². The second kappa shape index (κ2) is 8.01. The lowest BCUT2D eigenvalue weighted by molar-refractivity contribution is 0.102. The fraction of sp³-hybridized carbons (Fsp3) is 0.278. The van der Waals surface area contributed by atoms with E-state index in [0.717, 1.165) is 30.1 Å². The van der Waals surface area contributed by atoms with E-state index >= 15 is 0 Å². The van der Waals surface area contributed by atoms with Gasteiger partial charge < -0.3 is 10.1 Å². The summed E-state index contributed by atoms with van der Waals surface area (Å²) >= 11 is 7.58. The van der Waals surface area contributed by atoms with E-state index in [-0.39, 0.29) is 17.0 Å². The number of rotatable bonds is 5. The van der Waals surface area contributed by atoms with Crippen LogP contribution in [0.1, 0.15) is 23.2 Å². The molecule has 0 saturated carbocycles. The first-order chi connectivity index (χ1) is 11.6. The third-order valence-corrected chi connectivity index (χ3v) is 5.28. The van der Waals surface area contributed by atoms with Crippen molar-refractivity contribution in [2.45, 2.75) is 23.8 Å². The molecule has 3 rings (SSSR count). The highest BCUT2D eigenvalue weighted by atomic mass is 35.5. The van der Waals surface area contributed by atoms with Crippen LogP contribution in [0.4, 0.5) is 10.1 Å². The molecular weight excluding hydrogens is 349 g/mol. The first kappa shape index (κ1) is 17.3. The average molecular weight is 366 g/mol. The number of thioether (sulfide) groups is 1. The molecule has 1 heterocycles. The highest BCUT2D eigenvalue weighted by Crippen LogP contribution is 2.28. The van der Waals surface area contributed by atoms with Gasteiger partial charge in [0, 0.05) is 17.3 Å². The number of hydrogen-bond acceptors (Lipinski definition) is 3. The largest absolute Gasteiger partial charge is 0.377 e. The van der Waals surface area contributed by atoms with Crippen molar-refractivity contribution in [1.29, 1.82) is 0 Å². The summed E-state index contributed by atoms with van der Waals surface area (Å²) < 4.78 is 18.7. The lowest BCUT2D eigenvalue weighted by atomic mass is 10.2. The highest BCUT2D eigenvalue weighted by Gasteiger charge is 2.18. The van der Waals surface area contributed by atoms with Crippen LogP contribution >= 0.6 is 23.4 Å². The molecular formula is C18H17ClFNO2S. The van der Waals surface area contributed by atoms with Crippen LogP contribution in [0.5, 0.6) is 0 Å². The van der Waals surface area contributed by atoms with Crippen molar-refractivity contribution < 1.29 is 13.9 Å². The van der Waals surface area contributed by atoms with Gasteiger partial charge in [-0.25, -0.2) is 4.39 Å². The number of halogens is 2. The Morgan fingerprint density at radius 2 is 2.17 bits per heavy atom. The molecule has 0 spiro atoms. The number of carbonyl (C=O) groups is 1. The molecule has 1 amide bonds. The predicted octanol–water partition coefficient (Wildman–Crippen LogP) is 5.00. The minimum atomic E-state index is -0.439. The summed E-state index contributed by atoms with van der Waals surface area (Å²) in [4.78, 5) is 13.5. The number of nitrogens with one attached hydrogen (secondary N) is 1. The SMILES string of the molecule is O=C(Nc1ccc(F)cc1Cl)c1ccccc1SCC1CCCO1. The zero-order valence-corrected chi connectivity index (χ0v) is 14.5. The molecule has 0 aliphatic carbocycles. The number of carbonyl (C=O) groups excluding carboxylic acids is 1. The van der Waals surface area contributed by atoms with Crippen molar-refractivity contribution in [2.24, 2.45) is 0 Å². The number of hydrogen-bond donors (Lipinski definition) is 1. The van der Waals surface area contributed by atoms with Gasteiger partial charge in [0.05, 0.1) is 22.4 Å². The Bertz CT molecular complexity index is 735. The second-order valence-corrected chi connectivity index (χ2v) is 6.99. The summed E-state index contributed by atoms with van der Waals surface area (Å²) in [7, 11) is 0. The molecule has 2 aromatic rings. The summed E-state index contributed by atoms with van der Waals surface area (Å²) in [5.74, 6) is 0.117. The topological polar surface area (TPSA) is 38.3 Å². The molecule has 2 aromatic carbocycles. The van der Waals surface area contributed by atoms with E-state index in [0.29, 0.717) is 11.3 Å². The number of ether oxygens (including phenoxy) is 1. The molecule has 0 bridgehead atoms. The fourth-order valence-corrected chi connectivity index (χ4v) is 3.85. The standard InChI is InChI=1S/C18H17ClFNO2S/c19-15-10-12(20)7-8-16(15)21-18(22)14-5-1-2-6-17(14)24-11-13-4-3-9-23-13/h1-2,5-8,10,13H,3-4,9,11H2,(H,21,22). The smallest absolute Gasteiger partial charge is 0.256 e. The monoisotopic (exact) mass is 365 g/mol. The van der Waals surface area contributed by atoms with Gasteiger partial charge in [0.1, 0.15) is 5.82 Å². The molecule has 1 aliphatic heterocycles. The van der Waals surface area contributed by atoms with Crippen molar-refractivity contribution in [1.82, 2.24) is 0 Å². The Labute approximate surface area is 149 Å². The molecule has 1 saturated heterocycles. The summed E-state index contributed by atoms with van der Waals surface area (Å²) in [6, 6.07) is 11.3. The Balaban J connectivity index is 1.72. The van der Waals surface area contributed by atoms with Crippen molar-refractivity contribution in [2.75, 3.05) is 17.7 Å². The van der Waals surface area contributed by atoms with Crippen LogP contribution in [-0.2, 0) is 4.74 Å². The van der Waals surface area contributed by atoms with Crippen molar-refractivity contribution in [3.63, 3.8) is 0 Å². The molecule has 1 atom stereocenters. The van der Waals surface area contributed by atoms with Gasteiger partial charge in [-0.05, 0) is 43.2 Å². The number of anilines is 1. The van der Waals surface area contributed by atoms with Gasteiger partial charge in [-0.1, -0.05) is 23.7 Å². The third kappa shape index (κ3) is 4.29. The van der Waals surface area contributed by atoms with Crippen LogP contribution in [0.2, 0.25) is 5.02 Å². The van der Waals surface area contributed by atoms with Crippen LogP contribution in [0.25, 0.3) is 0 Å². The van der Waals surface area contributed by atoms with Crippen molar-refractivity contribution in [3.05, 3.63) is 58.9 Å². The molecule has 126 valence electrons. The van der Waals surface area contributed by atoms with Crippen LogP contribution in [0, 0.1) is 5.82 Å². The van der Waals surface area contributed by atoms with Crippen molar-refractivity contribution >= 4 is 35.0 Å². The zero-order chi connectivity index (χ0) is 16.9. The maximum Gasteiger partial charge on any atom is 0.256 e. The van der Waals surface area contributed by atoms with E-state index in [4.69, 9.17) is 16.3 Å². The summed E-state index contributed by atoms with van der Waals surface area (Å²) in [5.41, 5.74) is 0.961. The van der Waals surface area contributed by atoms with Gasteiger partial charge in [-0.2, -0.15) is 0 Å². The maximum absolute atomic E-state index is 13.1. The molecule has 1 fully saturated rings. The lowest BCUT2D eigenvalue weighted by Gasteiger charge is -2.13. The average Bonchev–Trinajstić information content (AvgIpc) is 3.09. The summed E-state index contributed by atoms with van der Waals surface area (Å²) in [6.07, 6.45) is 2.40. The zero-order valence-electron chi connectivity index (χ0n) is 12.9. The van der Waals surface area contributed by atoms with E-state index in [1.807, 2.05) is 18.2 Å². The lowest BCUT2D eigenvalue weighted by Crippen LogP contribution is -2.14. The van der Waals surface area contributed by atoms with Gasteiger partial charge in [0.25, 0.3) is 5.91 Å². The molecule has 0 aromatic heterocycles. The van der Waals surface area contributed by atoms with Gasteiger partial charge in [-0.15, -0.1) is 11.8 Å². The molecule has 3 nitrogen and oxygen atoms in total. The molecule has 1 N–H and O–H groups in total. The molecule has 1 unspecified atom stereocenters. The summed E-state index contributed by atoms with van der Waals surface area (Å²) in [5, 5.41) is 2.91. The van der Waals surface area contributed by atoms with E-state index < -0.39 is 5.82 Å². The van der Waals surface area contributed by atoms with Gasteiger partial charge in [0.2, 0.25) is 0 Å². The Kier molecular flexibility index (Phi) is 5.76. The van der Waals surface area contributed by atoms with Gasteiger partial charge in [0.15, 0.2) is 0 Å². The maximum atomic E-state index is 13.1. The molecule has 6 heteroatoms. The fourth-order valence-electron chi connectivity index (χ4n) is 2.52. The first-order valence-corrected chi connectivity index (χ1v) is 9.09. The van der Waals surface area contributed by atoms with Gasteiger partial charge in [-0.3, -0.25) is 4.79 Å². The van der Waals surface area contributed by atoms with Crippen LogP contribution in [0.15, 0.2) is 47.4 Å². The highest BCUT2D eigenvalue weighted by molar-refractivity contribution is 7.99. The van der Waals surface area contributed by atoms with Gasteiger partial charge >= 0.3 is 0 Å². The normalized spacial score (nSPS) is 17.0.